The van der Waals surface area contributed by atoms with Gasteiger partial charge in [0.25, 0.3) is 5.91 Å². The Morgan fingerprint density at radius 2 is 2.16 bits per heavy atom. The maximum absolute atomic E-state index is 13.0. The van der Waals surface area contributed by atoms with Crippen molar-refractivity contribution in [3.63, 3.8) is 0 Å². The summed E-state index contributed by atoms with van der Waals surface area (Å²) in [4.78, 5) is 19.0. The number of rotatable bonds is 5. The first-order valence-electron chi connectivity index (χ1n) is 8.43. The Kier molecular flexibility index (Phi) is 5.16. The normalized spacial score (nSPS) is 17.4. The molecule has 3 heterocycles. The van der Waals surface area contributed by atoms with Gasteiger partial charge in [0.05, 0.1) is 14.2 Å². The van der Waals surface area contributed by atoms with Gasteiger partial charge in [-0.3, -0.25) is 4.79 Å². The van der Waals surface area contributed by atoms with Crippen LogP contribution in [0.2, 0.25) is 0 Å². The number of pyridine rings is 1. The number of piperidine rings is 1. The van der Waals surface area contributed by atoms with Crippen molar-refractivity contribution in [3.8, 4) is 11.8 Å². The topological polar surface area (TPSA) is 82.4 Å². The van der Waals surface area contributed by atoms with Crippen LogP contribution in [0, 0.1) is 0 Å². The molecule has 1 aliphatic rings. The molecule has 8 heteroatoms. The van der Waals surface area contributed by atoms with Gasteiger partial charge in [0.15, 0.2) is 0 Å². The van der Waals surface area contributed by atoms with E-state index in [2.05, 4.69) is 22.1 Å². The zero-order valence-electron chi connectivity index (χ0n) is 14.8. The fourth-order valence-corrected chi connectivity index (χ4v) is 3.22. The van der Waals surface area contributed by atoms with E-state index in [0.717, 1.165) is 25.2 Å². The zero-order valence-corrected chi connectivity index (χ0v) is 14.8. The number of likely N-dealkylation sites (tertiary alicyclic amines) is 1. The Labute approximate surface area is 146 Å². The molecule has 1 aliphatic heterocycles. The van der Waals surface area contributed by atoms with Crippen LogP contribution in [0.15, 0.2) is 18.5 Å². The summed E-state index contributed by atoms with van der Waals surface area (Å²) in [5.74, 6) is 1.75. The largest absolute Gasteiger partial charge is 0.481 e. The predicted molar refractivity (Wildman–Crippen MR) is 90.9 cm³/mol. The minimum Gasteiger partial charge on any atom is -0.481 e. The van der Waals surface area contributed by atoms with E-state index in [1.807, 2.05) is 9.47 Å². The first-order valence-corrected chi connectivity index (χ1v) is 8.43. The van der Waals surface area contributed by atoms with Crippen LogP contribution in [0.25, 0.3) is 0 Å². The molecule has 3 rings (SSSR count). The van der Waals surface area contributed by atoms with Gasteiger partial charge in [-0.15, -0.1) is 10.2 Å². The number of hydrogen-bond donors (Lipinski definition) is 0. The number of aromatic nitrogens is 4. The Bertz CT molecular complexity index is 746. The van der Waals surface area contributed by atoms with Crippen molar-refractivity contribution in [1.29, 1.82) is 0 Å². The Hall–Kier alpha value is -2.64. The summed E-state index contributed by atoms with van der Waals surface area (Å²) in [7, 11) is 3.03. The molecule has 0 unspecified atom stereocenters. The summed E-state index contributed by atoms with van der Waals surface area (Å²) in [5.41, 5.74) is 0.445. The van der Waals surface area contributed by atoms with E-state index >= 15 is 0 Å². The fraction of sp³-hybridized carbons (Fsp3) is 0.529. The SMILES string of the molecule is CCn1cnnc1[C@@H]1CCCN(C(=O)c2ccc(OC)nc2OC)C1. The third-order valence-electron chi connectivity index (χ3n) is 4.53. The molecular formula is C17H23N5O3. The van der Waals surface area contributed by atoms with E-state index < -0.39 is 0 Å². The molecule has 134 valence electrons. The molecule has 1 atom stereocenters. The predicted octanol–water partition coefficient (Wildman–Crippen LogP) is 1.73. The van der Waals surface area contributed by atoms with Crippen LogP contribution in [-0.2, 0) is 6.54 Å². The summed E-state index contributed by atoms with van der Waals surface area (Å²) in [6, 6.07) is 3.37. The molecule has 0 N–H and O–H groups in total. The molecule has 1 fully saturated rings. The van der Waals surface area contributed by atoms with E-state index in [9.17, 15) is 4.79 Å². The maximum Gasteiger partial charge on any atom is 0.259 e. The van der Waals surface area contributed by atoms with Crippen molar-refractivity contribution >= 4 is 5.91 Å². The lowest BCUT2D eigenvalue weighted by Crippen LogP contribution is -2.40. The van der Waals surface area contributed by atoms with Crippen LogP contribution in [0.4, 0.5) is 0 Å². The Balaban J connectivity index is 1.80. The second-order valence-electron chi connectivity index (χ2n) is 5.98. The van der Waals surface area contributed by atoms with Crippen LogP contribution >= 0.6 is 0 Å². The molecule has 25 heavy (non-hydrogen) atoms. The number of nitrogens with zero attached hydrogens (tertiary/aromatic N) is 5. The van der Waals surface area contributed by atoms with Gasteiger partial charge in [-0.25, -0.2) is 0 Å². The van der Waals surface area contributed by atoms with Crippen LogP contribution in [0.1, 0.15) is 41.9 Å². The van der Waals surface area contributed by atoms with Gasteiger partial charge in [-0.05, 0) is 25.8 Å². The number of amides is 1. The van der Waals surface area contributed by atoms with Gasteiger partial charge in [0.2, 0.25) is 11.8 Å². The lowest BCUT2D eigenvalue weighted by molar-refractivity contribution is 0.0699. The van der Waals surface area contributed by atoms with Gasteiger partial charge >= 0.3 is 0 Å². The standard InChI is InChI=1S/C17H23N5O3/c1-4-21-11-18-20-15(21)12-6-5-9-22(10-12)17(23)13-7-8-14(24-2)19-16(13)25-3/h7-8,11-12H,4-6,9-10H2,1-3H3/t12-/m1/s1. The summed E-state index contributed by atoms with van der Waals surface area (Å²) < 4.78 is 12.4. The molecule has 1 saturated heterocycles. The molecule has 0 aliphatic carbocycles. The molecule has 0 radical (unpaired) electrons. The number of carbonyl (C=O) groups is 1. The average Bonchev–Trinajstić information content (AvgIpc) is 3.15. The first-order chi connectivity index (χ1) is 12.2. The number of ether oxygens (including phenoxy) is 2. The second kappa shape index (κ2) is 7.50. The van der Waals surface area contributed by atoms with Crippen LogP contribution in [0.5, 0.6) is 11.8 Å². The molecule has 1 amide bonds. The smallest absolute Gasteiger partial charge is 0.259 e. The minimum atomic E-state index is -0.0840. The van der Waals surface area contributed by atoms with E-state index in [1.165, 1.54) is 14.2 Å². The van der Waals surface area contributed by atoms with Gasteiger partial charge in [-0.1, -0.05) is 0 Å². The minimum absolute atomic E-state index is 0.0840. The Morgan fingerprint density at radius 3 is 2.88 bits per heavy atom. The number of carbonyl (C=O) groups excluding carboxylic acids is 1. The molecule has 2 aromatic rings. The van der Waals surface area contributed by atoms with Gasteiger partial charge in [0.1, 0.15) is 17.7 Å². The highest BCUT2D eigenvalue weighted by Gasteiger charge is 2.30. The van der Waals surface area contributed by atoms with E-state index in [-0.39, 0.29) is 17.7 Å². The number of hydrogen-bond acceptors (Lipinski definition) is 6. The van der Waals surface area contributed by atoms with Gasteiger partial charge in [0, 0.05) is 31.6 Å². The summed E-state index contributed by atoms with van der Waals surface area (Å²) in [6.07, 6.45) is 3.67. The van der Waals surface area contributed by atoms with Gasteiger partial charge in [-0.2, -0.15) is 4.98 Å². The molecule has 0 aromatic carbocycles. The van der Waals surface area contributed by atoms with E-state index in [4.69, 9.17) is 9.47 Å². The monoisotopic (exact) mass is 345 g/mol. The number of methoxy groups -OCH3 is 2. The van der Waals surface area contributed by atoms with Crippen molar-refractivity contribution in [3.05, 3.63) is 29.8 Å². The molecule has 0 bridgehead atoms. The van der Waals surface area contributed by atoms with Crippen molar-refractivity contribution in [1.82, 2.24) is 24.6 Å². The summed E-state index contributed by atoms with van der Waals surface area (Å²) in [6.45, 7) is 4.22. The highest BCUT2D eigenvalue weighted by atomic mass is 16.5. The lowest BCUT2D eigenvalue weighted by Gasteiger charge is -2.32. The summed E-state index contributed by atoms with van der Waals surface area (Å²) >= 11 is 0. The third-order valence-corrected chi connectivity index (χ3v) is 4.53. The van der Waals surface area contributed by atoms with Crippen molar-refractivity contribution < 1.29 is 14.3 Å². The highest BCUT2D eigenvalue weighted by Crippen LogP contribution is 2.28. The van der Waals surface area contributed by atoms with Crippen LogP contribution < -0.4 is 9.47 Å². The molecular weight excluding hydrogens is 322 g/mol. The van der Waals surface area contributed by atoms with Crippen LogP contribution in [-0.4, -0.2) is 57.9 Å². The zero-order chi connectivity index (χ0) is 17.8. The highest BCUT2D eigenvalue weighted by molar-refractivity contribution is 5.96. The first kappa shape index (κ1) is 17.2. The van der Waals surface area contributed by atoms with E-state index in [0.29, 0.717) is 24.5 Å². The maximum atomic E-state index is 13.0. The number of aryl methyl sites for hydroxylation is 1. The molecule has 2 aromatic heterocycles. The molecule has 0 saturated carbocycles. The quantitative estimate of drug-likeness (QED) is 0.821. The lowest BCUT2D eigenvalue weighted by atomic mass is 9.96. The fourth-order valence-electron chi connectivity index (χ4n) is 3.22. The van der Waals surface area contributed by atoms with Gasteiger partial charge < -0.3 is 18.9 Å². The van der Waals surface area contributed by atoms with Crippen molar-refractivity contribution in [2.24, 2.45) is 0 Å². The van der Waals surface area contributed by atoms with E-state index in [1.54, 1.807) is 18.5 Å². The third kappa shape index (κ3) is 3.42. The second-order valence-corrected chi connectivity index (χ2v) is 5.98. The van der Waals surface area contributed by atoms with Crippen LogP contribution in [0.3, 0.4) is 0 Å². The molecule has 0 spiro atoms. The summed E-state index contributed by atoms with van der Waals surface area (Å²) in [5, 5.41) is 8.26. The van der Waals surface area contributed by atoms with Crippen molar-refractivity contribution in [2.75, 3.05) is 27.3 Å². The van der Waals surface area contributed by atoms with Crippen molar-refractivity contribution in [2.45, 2.75) is 32.2 Å². The molecule has 8 nitrogen and oxygen atoms in total. The average molecular weight is 345 g/mol. The Morgan fingerprint density at radius 1 is 1.32 bits per heavy atom.